The van der Waals surface area contributed by atoms with E-state index in [4.69, 9.17) is 32.1 Å². The summed E-state index contributed by atoms with van der Waals surface area (Å²) in [5.74, 6) is 0.358. The Labute approximate surface area is 230 Å². The number of benzene rings is 2. The van der Waals surface area contributed by atoms with Gasteiger partial charge in [0.05, 0.1) is 16.1 Å². The number of halogens is 2. The average molecular weight is 572 g/mol. The van der Waals surface area contributed by atoms with E-state index in [0.717, 1.165) is 31.6 Å². The first-order valence-corrected chi connectivity index (χ1v) is 14.9. The molecule has 10 heteroatoms. The summed E-state index contributed by atoms with van der Waals surface area (Å²) < 4.78 is 38.0. The lowest BCUT2D eigenvalue weighted by atomic mass is 10.1. The maximum Gasteiger partial charge on any atom is 0.339 e. The third-order valence-corrected chi connectivity index (χ3v) is 8.27. The Morgan fingerprint density at radius 2 is 1.84 bits per heavy atom. The van der Waals surface area contributed by atoms with Crippen LogP contribution in [0.1, 0.15) is 52.5 Å². The Hall–Kier alpha value is -2.00. The molecule has 0 bridgehead atoms. The SMILES string of the molecule is CCN(CC)c1ccc(CN(C[C@H]2CCCO2)C(=O)CC(C)C)c(OS(=O)(=O)c2ccc(Cl)c(Cl)c2)c1. The van der Waals surface area contributed by atoms with E-state index in [9.17, 15) is 13.2 Å². The van der Waals surface area contributed by atoms with Gasteiger partial charge in [-0.25, -0.2) is 0 Å². The smallest absolute Gasteiger partial charge is 0.339 e. The fraction of sp³-hybridized carbons (Fsp3) is 0.519. The highest BCUT2D eigenvalue weighted by Gasteiger charge is 2.26. The van der Waals surface area contributed by atoms with Gasteiger partial charge in [-0.3, -0.25) is 4.79 Å². The molecule has 1 amide bonds. The van der Waals surface area contributed by atoms with Gasteiger partial charge in [0.1, 0.15) is 10.6 Å². The molecule has 1 aliphatic rings. The van der Waals surface area contributed by atoms with Crippen molar-refractivity contribution < 1.29 is 22.1 Å². The third-order valence-electron chi connectivity index (χ3n) is 6.30. The first kappa shape index (κ1) is 29.6. The van der Waals surface area contributed by atoms with Gasteiger partial charge < -0.3 is 18.7 Å². The number of amides is 1. The summed E-state index contributed by atoms with van der Waals surface area (Å²) in [4.78, 5) is 16.9. The second-order valence-electron chi connectivity index (χ2n) is 9.58. The quantitative estimate of drug-likeness (QED) is 0.284. The fourth-order valence-electron chi connectivity index (χ4n) is 4.31. The van der Waals surface area contributed by atoms with Gasteiger partial charge in [0.2, 0.25) is 5.91 Å². The lowest BCUT2D eigenvalue weighted by Gasteiger charge is -2.28. The Balaban J connectivity index is 1.99. The van der Waals surface area contributed by atoms with Crippen LogP contribution in [0.2, 0.25) is 10.0 Å². The van der Waals surface area contributed by atoms with Crippen LogP contribution in [0.5, 0.6) is 5.75 Å². The van der Waals surface area contributed by atoms with E-state index in [1.807, 2.05) is 39.8 Å². The van der Waals surface area contributed by atoms with Crippen molar-refractivity contribution in [2.24, 2.45) is 5.92 Å². The second-order valence-corrected chi connectivity index (χ2v) is 11.9. The third kappa shape index (κ3) is 7.99. The van der Waals surface area contributed by atoms with Crippen LogP contribution in [0, 0.1) is 5.92 Å². The van der Waals surface area contributed by atoms with Crippen LogP contribution in [-0.2, 0) is 26.2 Å². The zero-order valence-electron chi connectivity index (χ0n) is 21.9. The van der Waals surface area contributed by atoms with Crippen molar-refractivity contribution in [1.29, 1.82) is 0 Å². The van der Waals surface area contributed by atoms with Gasteiger partial charge in [-0.05, 0) is 56.9 Å². The van der Waals surface area contributed by atoms with Crippen LogP contribution < -0.4 is 9.08 Å². The van der Waals surface area contributed by atoms with Crippen LogP contribution in [0.15, 0.2) is 41.3 Å². The largest absolute Gasteiger partial charge is 0.379 e. The van der Waals surface area contributed by atoms with Gasteiger partial charge in [0, 0.05) is 56.5 Å². The first-order chi connectivity index (χ1) is 17.5. The second kappa shape index (κ2) is 13.2. The molecule has 0 radical (unpaired) electrons. The Morgan fingerprint density at radius 1 is 1.11 bits per heavy atom. The summed E-state index contributed by atoms with van der Waals surface area (Å²) in [6.07, 6.45) is 2.21. The van der Waals surface area contributed by atoms with Crippen LogP contribution in [0.25, 0.3) is 0 Å². The molecule has 0 aliphatic carbocycles. The highest BCUT2D eigenvalue weighted by Crippen LogP contribution is 2.32. The number of ether oxygens (including phenoxy) is 1. The lowest BCUT2D eigenvalue weighted by molar-refractivity contribution is -0.134. The number of rotatable bonds is 12. The molecule has 37 heavy (non-hydrogen) atoms. The fourth-order valence-corrected chi connectivity index (χ4v) is 5.66. The standard InChI is InChI=1S/C27H36Cl2N2O5S/c1-5-30(6-2)21-10-9-20(17-31(27(32)14-19(3)4)18-22-8-7-13-35-22)26(15-21)36-37(33,34)23-11-12-24(28)25(29)16-23/h9-12,15-16,19,22H,5-8,13-14,17-18H2,1-4H3/t22-/m1/s1. The van der Waals surface area contributed by atoms with Gasteiger partial charge in [-0.1, -0.05) is 43.1 Å². The van der Waals surface area contributed by atoms with Crippen LogP contribution >= 0.6 is 23.2 Å². The minimum absolute atomic E-state index is 0.00314. The van der Waals surface area contributed by atoms with Crippen molar-refractivity contribution >= 4 is 44.9 Å². The molecule has 2 aromatic carbocycles. The molecule has 1 fully saturated rings. The Kier molecular flexibility index (Phi) is 10.5. The van der Waals surface area contributed by atoms with Crippen molar-refractivity contribution in [1.82, 2.24) is 4.90 Å². The molecule has 0 unspecified atom stereocenters. The molecule has 0 N–H and O–H groups in total. The molecule has 204 valence electrons. The van der Waals surface area contributed by atoms with E-state index in [1.165, 1.54) is 18.2 Å². The maximum absolute atomic E-state index is 13.2. The molecule has 0 saturated carbocycles. The number of nitrogens with zero attached hydrogens (tertiary/aromatic N) is 2. The minimum Gasteiger partial charge on any atom is -0.379 e. The van der Waals surface area contributed by atoms with Gasteiger partial charge in [-0.2, -0.15) is 8.42 Å². The van der Waals surface area contributed by atoms with Gasteiger partial charge >= 0.3 is 10.1 Å². The van der Waals surface area contributed by atoms with Crippen molar-refractivity contribution in [3.8, 4) is 5.75 Å². The van der Waals surface area contributed by atoms with E-state index in [0.29, 0.717) is 25.1 Å². The van der Waals surface area contributed by atoms with Crippen LogP contribution in [0.3, 0.4) is 0 Å². The van der Waals surface area contributed by atoms with Crippen molar-refractivity contribution in [3.05, 3.63) is 52.0 Å². The summed E-state index contributed by atoms with van der Waals surface area (Å²) in [5, 5.41) is 0.365. The number of anilines is 1. The van der Waals surface area contributed by atoms with Crippen molar-refractivity contribution in [2.75, 3.05) is 31.1 Å². The summed E-state index contributed by atoms with van der Waals surface area (Å²) >= 11 is 12.0. The molecule has 1 saturated heterocycles. The lowest BCUT2D eigenvalue weighted by Crippen LogP contribution is -2.37. The summed E-state index contributed by atoms with van der Waals surface area (Å²) in [7, 11) is -4.22. The summed E-state index contributed by atoms with van der Waals surface area (Å²) in [5.41, 5.74) is 1.42. The predicted octanol–water partition coefficient (Wildman–Crippen LogP) is 6.16. The number of carbonyl (C=O) groups excluding carboxylic acids is 1. The molecule has 3 rings (SSSR count). The van der Waals surface area contributed by atoms with E-state index in [2.05, 4.69) is 4.90 Å². The van der Waals surface area contributed by atoms with Crippen molar-refractivity contribution in [3.63, 3.8) is 0 Å². The monoisotopic (exact) mass is 570 g/mol. The highest BCUT2D eigenvalue weighted by molar-refractivity contribution is 7.87. The van der Waals surface area contributed by atoms with Crippen LogP contribution in [-0.4, -0.2) is 51.6 Å². The first-order valence-electron chi connectivity index (χ1n) is 12.7. The van der Waals surface area contributed by atoms with Gasteiger partial charge in [0.25, 0.3) is 0 Å². The molecule has 1 heterocycles. The van der Waals surface area contributed by atoms with E-state index in [-0.39, 0.29) is 45.2 Å². The van der Waals surface area contributed by atoms with Crippen molar-refractivity contribution in [2.45, 2.75) is 64.5 Å². The van der Waals surface area contributed by atoms with E-state index < -0.39 is 10.1 Å². The number of hydrogen-bond donors (Lipinski definition) is 0. The Morgan fingerprint density at radius 3 is 2.43 bits per heavy atom. The molecule has 0 spiro atoms. The molecule has 0 aromatic heterocycles. The average Bonchev–Trinajstić information content (AvgIpc) is 3.35. The van der Waals surface area contributed by atoms with E-state index >= 15 is 0 Å². The number of carbonyl (C=O) groups is 1. The molecule has 1 aliphatic heterocycles. The highest BCUT2D eigenvalue weighted by atomic mass is 35.5. The van der Waals surface area contributed by atoms with Gasteiger partial charge in [-0.15, -0.1) is 0 Å². The molecule has 7 nitrogen and oxygen atoms in total. The maximum atomic E-state index is 13.2. The normalized spacial score (nSPS) is 15.7. The number of hydrogen-bond acceptors (Lipinski definition) is 6. The zero-order chi connectivity index (χ0) is 27.2. The predicted molar refractivity (Wildman–Crippen MR) is 148 cm³/mol. The molecule has 2 aromatic rings. The molecular weight excluding hydrogens is 535 g/mol. The zero-order valence-corrected chi connectivity index (χ0v) is 24.2. The summed E-state index contributed by atoms with van der Waals surface area (Å²) in [6, 6.07) is 9.52. The van der Waals surface area contributed by atoms with E-state index in [1.54, 1.807) is 11.0 Å². The topological polar surface area (TPSA) is 76.2 Å². The van der Waals surface area contributed by atoms with Crippen LogP contribution in [0.4, 0.5) is 5.69 Å². The molecular formula is C27H36Cl2N2O5S. The van der Waals surface area contributed by atoms with Gasteiger partial charge in [0.15, 0.2) is 0 Å². The molecule has 1 atom stereocenters. The minimum atomic E-state index is -4.22. The summed E-state index contributed by atoms with van der Waals surface area (Å²) in [6.45, 7) is 10.9. The Bertz CT molecular complexity index is 1180.